The zero-order valence-electron chi connectivity index (χ0n) is 9.20. The molecular weight excluding hydrogens is 214 g/mol. The maximum absolute atomic E-state index is 9.08. The molecule has 0 amide bonds. The second-order valence-corrected chi connectivity index (χ2v) is 3.96. The first-order valence-electron chi connectivity index (χ1n) is 5.21. The fourth-order valence-corrected chi connectivity index (χ4v) is 1.59. The van der Waals surface area contributed by atoms with Crippen molar-refractivity contribution in [2.24, 2.45) is 0 Å². The van der Waals surface area contributed by atoms with Gasteiger partial charge in [-0.1, -0.05) is 18.5 Å². The molecule has 4 nitrogen and oxygen atoms in total. The average molecular weight is 232 g/mol. The molecule has 2 N–H and O–H groups in total. The summed E-state index contributed by atoms with van der Waals surface area (Å²) in [6.45, 7) is 5.70. The molecule has 0 fully saturated rings. The predicted molar refractivity (Wildman–Crippen MR) is 61.1 cm³/mol. The maximum atomic E-state index is 9.08. The summed E-state index contributed by atoms with van der Waals surface area (Å²) in [5.74, 6) is 0. The van der Waals surface area contributed by atoms with Gasteiger partial charge < -0.3 is 10.4 Å². The molecule has 0 aliphatic carbocycles. The first kappa shape index (κ1) is 12.5. The van der Waals surface area contributed by atoms with Crippen molar-refractivity contribution in [3.8, 4) is 0 Å². The summed E-state index contributed by atoms with van der Waals surface area (Å²) in [4.78, 5) is 0. The van der Waals surface area contributed by atoms with Crippen LogP contribution in [-0.4, -0.2) is 34.1 Å². The van der Waals surface area contributed by atoms with Crippen LogP contribution in [0.1, 0.15) is 19.0 Å². The van der Waals surface area contributed by atoms with Gasteiger partial charge in [0.1, 0.15) is 0 Å². The van der Waals surface area contributed by atoms with Crippen LogP contribution in [0.4, 0.5) is 0 Å². The maximum Gasteiger partial charge on any atom is 0.0814 e. The number of aryl methyl sites for hydroxylation is 2. The third-order valence-corrected chi connectivity index (χ3v) is 2.68. The Hall–Kier alpha value is -0.580. The summed E-state index contributed by atoms with van der Waals surface area (Å²) in [6.07, 6.45) is 2.67. The van der Waals surface area contributed by atoms with Crippen LogP contribution >= 0.6 is 11.6 Å². The normalized spacial score (nSPS) is 13.1. The van der Waals surface area contributed by atoms with Gasteiger partial charge in [-0.2, -0.15) is 5.10 Å². The van der Waals surface area contributed by atoms with Gasteiger partial charge in [-0.15, -0.1) is 0 Å². The quantitative estimate of drug-likeness (QED) is 0.774. The van der Waals surface area contributed by atoms with Crippen molar-refractivity contribution < 1.29 is 5.11 Å². The highest BCUT2D eigenvalue weighted by molar-refractivity contribution is 6.31. The van der Waals surface area contributed by atoms with Gasteiger partial charge in [-0.3, -0.25) is 4.68 Å². The molecule has 5 heteroatoms. The van der Waals surface area contributed by atoms with Crippen LogP contribution in [0.15, 0.2) is 6.20 Å². The molecule has 0 bridgehead atoms. The van der Waals surface area contributed by atoms with E-state index < -0.39 is 0 Å². The van der Waals surface area contributed by atoms with Crippen molar-refractivity contribution in [2.45, 2.75) is 32.9 Å². The number of aliphatic hydroxyl groups excluding tert-OH is 1. The topological polar surface area (TPSA) is 50.1 Å². The van der Waals surface area contributed by atoms with Gasteiger partial charge in [0.05, 0.1) is 17.3 Å². The molecule has 0 radical (unpaired) electrons. The smallest absolute Gasteiger partial charge is 0.0814 e. The Morgan fingerprint density at radius 2 is 2.40 bits per heavy atom. The van der Waals surface area contributed by atoms with E-state index in [1.54, 1.807) is 0 Å². The molecule has 0 saturated heterocycles. The minimum absolute atomic E-state index is 0.137. The lowest BCUT2D eigenvalue weighted by molar-refractivity contribution is 0.232. The monoisotopic (exact) mass is 231 g/mol. The lowest BCUT2D eigenvalue weighted by Crippen LogP contribution is -2.33. The number of likely N-dealkylation sites (N-methyl/N-ethyl adjacent to an activating group) is 1. The Morgan fingerprint density at radius 3 is 2.87 bits per heavy atom. The molecule has 0 aliphatic rings. The van der Waals surface area contributed by atoms with E-state index in [2.05, 4.69) is 10.4 Å². The highest BCUT2D eigenvalue weighted by Crippen LogP contribution is 2.12. The second-order valence-electron chi connectivity index (χ2n) is 3.55. The van der Waals surface area contributed by atoms with Gasteiger partial charge in [-0.05, 0) is 19.9 Å². The predicted octanol–water partition coefficient (Wildman–Crippen LogP) is 1.21. The molecule has 1 aromatic heterocycles. The van der Waals surface area contributed by atoms with E-state index >= 15 is 0 Å². The van der Waals surface area contributed by atoms with Gasteiger partial charge in [0.2, 0.25) is 0 Å². The highest BCUT2D eigenvalue weighted by Gasteiger charge is 2.07. The Balaban J connectivity index is 2.41. The Morgan fingerprint density at radius 1 is 1.67 bits per heavy atom. The minimum Gasteiger partial charge on any atom is -0.395 e. The van der Waals surface area contributed by atoms with E-state index in [0.717, 1.165) is 25.2 Å². The van der Waals surface area contributed by atoms with Crippen LogP contribution in [-0.2, 0) is 6.54 Å². The molecule has 1 rings (SSSR count). The molecule has 0 saturated carbocycles. The molecule has 0 aromatic carbocycles. The van der Waals surface area contributed by atoms with Gasteiger partial charge in [0.25, 0.3) is 0 Å². The molecule has 0 aliphatic heterocycles. The fourth-order valence-electron chi connectivity index (χ4n) is 1.44. The van der Waals surface area contributed by atoms with Crippen LogP contribution in [0.2, 0.25) is 5.02 Å². The number of rotatable bonds is 6. The van der Waals surface area contributed by atoms with E-state index in [1.807, 2.05) is 24.7 Å². The van der Waals surface area contributed by atoms with Crippen LogP contribution in [0, 0.1) is 6.92 Å². The van der Waals surface area contributed by atoms with Crippen LogP contribution in [0.25, 0.3) is 0 Å². The standard InChI is InChI=1S/C10H18ClN3O/c1-3-12-9(7-15)4-5-14-6-10(11)8(2)13-14/h6,9,12,15H,3-5,7H2,1-2H3. The zero-order valence-corrected chi connectivity index (χ0v) is 9.96. The number of nitrogens with one attached hydrogen (secondary N) is 1. The number of hydrogen-bond acceptors (Lipinski definition) is 3. The van der Waals surface area contributed by atoms with E-state index in [1.165, 1.54) is 0 Å². The largest absolute Gasteiger partial charge is 0.395 e. The van der Waals surface area contributed by atoms with Crippen molar-refractivity contribution in [3.05, 3.63) is 16.9 Å². The molecular formula is C10H18ClN3O. The number of aromatic nitrogens is 2. The van der Waals surface area contributed by atoms with Crippen molar-refractivity contribution in [3.63, 3.8) is 0 Å². The summed E-state index contributed by atoms with van der Waals surface area (Å²) in [5.41, 5.74) is 0.848. The highest BCUT2D eigenvalue weighted by atomic mass is 35.5. The van der Waals surface area contributed by atoms with Crippen molar-refractivity contribution in [1.29, 1.82) is 0 Å². The molecule has 1 aromatic rings. The second kappa shape index (κ2) is 6.10. The van der Waals surface area contributed by atoms with E-state index in [4.69, 9.17) is 16.7 Å². The number of hydrogen-bond donors (Lipinski definition) is 2. The molecule has 1 unspecified atom stereocenters. The van der Waals surface area contributed by atoms with Crippen molar-refractivity contribution in [1.82, 2.24) is 15.1 Å². The third kappa shape index (κ3) is 3.81. The summed E-state index contributed by atoms with van der Waals surface area (Å²) < 4.78 is 1.82. The first-order valence-corrected chi connectivity index (χ1v) is 5.59. The average Bonchev–Trinajstić information content (AvgIpc) is 2.53. The lowest BCUT2D eigenvalue weighted by Gasteiger charge is -2.14. The molecule has 15 heavy (non-hydrogen) atoms. The van der Waals surface area contributed by atoms with Gasteiger partial charge in [-0.25, -0.2) is 0 Å². The summed E-state index contributed by atoms with van der Waals surface area (Å²) in [7, 11) is 0. The van der Waals surface area contributed by atoms with E-state index in [-0.39, 0.29) is 12.6 Å². The number of nitrogens with zero attached hydrogens (tertiary/aromatic N) is 2. The first-order chi connectivity index (χ1) is 7.17. The van der Waals surface area contributed by atoms with E-state index in [9.17, 15) is 0 Å². The fraction of sp³-hybridized carbons (Fsp3) is 0.700. The van der Waals surface area contributed by atoms with Gasteiger partial charge in [0.15, 0.2) is 0 Å². The van der Waals surface area contributed by atoms with Crippen LogP contribution < -0.4 is 5.32 Å². The molecule has 1 atom stereocenters. The van der Waals surface area contributed by atoms with Gasteiger partial charge >= 0.3 is 0 Å². The molecule has 0 spiro atoms. The summed E-state index contributed by atoms with van der Waals surface area (Å²) >= 11 is 5.89. The molecule has 86 valence electrons. The van der Waals surface area contributed by atoms with Gasteiger partial charge in [0, 0.05) is 18.8 Å². The van der Waals surface area contributed by atoms with E-state index in [0.29, 0.717) is 5.02 Å². The van der Waals surface area contributed by atoms with Crippen LogP contribution in [0.5, 0.6) is 0 Å². The van der Waals surface area contributed by atoms with Crippen molar-refractivity contribution >= 4 is 11.6 Å². The lowest BCUT2D eigenvalue weighted by atomic mass is 10.2. The SMILES string of the molecule is CCNC(CO)CCn1cc(Cl)c(C)n1. The number of halogens is 1. The summed E-state index contributed by atoms with van der Waals surface area (Å²) in [6, 6.07) is 0.137. The van der Waals surface area contributed by atoms with Crippen molar-refractivity contribution in [2.75, 3.05) is 13.2 Å². The van der Waals surface area contributed by atoms with Crippen LogP contribution in [0.3, 0.4) is 0 Å². The third-order valence-electron chi connectivity index (χ3n) is 2.31. The Bertz CT molecular complexity index is 281. The zero-order chi connectivity index (χ0) is 11.3. The Kier molecular flexibility index (Phi) is 5.08. The number of aliphatic hydroxyl groups is 1. The molecule has 1 heterocycles. The summed E-state index contributed by atoms with van der Waals surface area (Å²) in [5, 5.41) is 17.2. The Labute approximate surface area is 95.2 Å². The minimum atomic E-state index is 0.137.